The van der Waals surface area contributed by atoms with Crippen molar-refractivity contribution >= 4 is 45.2 Å². The van der Waals surface area contributed by atoms with Gasteiger partial charge in [-0.25, -0.2) is 14.4 Å². The highest BCUT2D eigenvalue weighted by Crippen LogP contribution is 2.71. The lowest BCUT2D eigenvalue weighted by Crippen LogP contribution is -2.78. The van der Waals surface area contributed by atoms with Crippen molar-refractivity contribution in [3.8, 4) is 5.75 Å². The third-order valence-corrected chi connectivity index (χ3v) is 15.0. The van der Waals surface area contributed by atoms with Crippen LogP contribution in [0, 0.1) is 16.7 Å². The van der Waals surface area contributed by atoms with Gasteiger partial charge in [0.25, 0.3) is 0 Å². The Kier molecular flexibility index (Phi) is 9.33. The summed E-state index contributed by atoms with van der Waals surface area (Å²) in [6.07, 6.45) is 1.40. The molecule has 0 unspecified atom stereocenters. The minimum atomic E-state index is -2.10. The van der Waals surface area contributed by atoms with E-state index in [1.54, 1.807) is 37.3 Å². The van der Waals surface area contributed by atoms with E-state index in [4.69, 9.17) is 14.2 Å². The van der Waals surface area contributed by atoms with Gasteiger partial charge < -0.3 is 29.5 Å². The molecule has 0 heterocycles. The van der Waals surface area contributed by atoms with Crippen LogP contribution in [0.3, 0.4) is 0 Å². The second-order valence-electron chi connectivity index (χ2n) is 17.7. The number of ketones is 1. The maximum Gasteiger partial charge on any atom is 0.339 e. The Morgan fingerprint density at radius 1 is 0.683 bits per heavy atom. The topological polar surface area (TPSA) is 157 Å². The summed E-state index contributed by atoms with van der Waals surface area (Å²) < 4.78 is 19.0. The third kappa shape index (κ3) is 5.67. The van der Waals surface area contributed by atoms with Gasteiger partial charge in [-0.3, -0.25) is 4.79 Å². The molecule has 0 saturated heterocycles. The molecule has 0 aliphatic heterocycles. The fourth-order valence-corrected chi connectivity index (χ4v) is 11.7. The predicted octanol–water partition coefficient (Wildman–Crippen LogP) is 8.44. The Hall–Kier alpha value is -5.84. The Morgan fingerprint density at radius 3 is 1.92 bits per heavy atom. The molecule has 10 heteroatoms. The normalized spacial score (nSPS) is 31.9. The smallest absolute Gasteiger partial charge is 0.339 e. The molecule has 3 fully saturated rings. The molecule has 0 spiro atoms. The summed E-state index contributed by atoms with van der Waals surface area (Å²) in [5.74, 6) is -3.24. The second-order valence-corrected chi connectivity index (χ2v) is 17.7. The number of esters is 3. The zero-order valence-corrected chi connectivity index (χ0v) is 33.9. The number of fused-ring (bicyclic) bond motifs is 7. The molecule has 3 saturated carbocycles. The Balaban J connectivity index is 1.09. The lowest BCUT2D eigenvalue weighted by atomic mass is 9.42. The van der Waals surface area contributed by atoms with Crippen LogP contribution in [0.1, 0.15) is 96.8 Å². The quantitative estimate of drug-likeness (QED) is 0.0829. The van der Waals surface area contributed by atoms with Gasteiger partial charge >= 0.3 is 17.9 Å². The molecule has 5 aromatic carbocycles. The van der Waals surface area contributed by atoms with E-state index >= 15 is 0 Å². The van der Waals surface area contributed by atoms with Crippen molar-refractivity contribution in [2.45, 2.75) is 94.7 Å². The average Bonchev–Trinajstić information content (AvgIpc) is 3.49. The van der Waals surface area contributed by atoms with Crippen LogP contribution in [0.4, 0.5) is 0 Å². The largest absolute Gasteiger partial charge is 0.508 e. The van der Waals surface area contributed by atoms with Crippen LogP contribution >= 0.6 is 0 Å². The summed E-state index contributed by atoms with van der Waals surface area (Å²) in [5.41, 5.74) is -6.74. The molecule has 9 rings (SSSR count). The van der Waals surface area contributed by atoms with Crippen molar-refractivity contribution in [1.82, 2.24) is 0 Å². The van der Waals surface area contributed by atoms with Crippen LogP contribution in [0.15, 0.2) is 121 Å². The predicted molar refractivity (Wildman–Crippen MR) is 223 cm³/mol. The van der Waals surface area contributed by atoms with Crippen LogP contribution in [0.2, 0.25) is 0 Å². The maximum absolute atomic E-state index is 14.4. The van der Waals surface area contributed by atoms with Gasteiger partial charge in [-0.05, 0) is 116 Å². The first-order valence-corrected chi connectivity index (χ1v) is 20.7. The number of benzene rings is 5. The number of carbonyl (C=O) groups excluding carboxylic acids is 4. The minimum absolute atomic E-state index is 0.00253. The molecule has 60 heavy (non-hydrogen) atoms. The molecule has 0 radical (unpaired) electrons. The first kappa shape index (κ1) is 39.6. The number of ether oxygens (including phenoxy) is 3. The number of Topliss-reactive ketones (excluding diaryl/α,β-unsaturated/α-hetero) is 1. The standard InChI is InChI=1S/C50H48O10/c1-30(51)49(60-45(55)40-17-9-13-32-11-5-7-15-38(32)40)26-27-50(57)47(49,3)42(59-43(53)33-18-20-35(52)21-19-33)29-41-46(2)24-23-36(28-34(46)22-25-48(41,50)56)58-44(54)39-16-8-12-31-10-4-6-14-37(31)39/h4-22,36,41-42,52,56-57H,23-29H2,1-3H3/t36-,41+,42+,46-,47+,48-,49+,50+/m0/s1. The fraction of sp³-hybridized carbons (Fsp3) is 0.360. The van der Waals surface area contributed by atoms with Gasteiger partial charge in [-0.2, -0.15) is 0 Å². The highest BCUT2D eigenvalue weighted by Gasteiger charge is 2.83. The summed E-state index contributed by atoms with van der Waals surface area (Å²) in [7, 11) is 0. The molecular formula is C50H48O10. The van der Waals surface area contributed by atoms with Crippen molar-refractivity contribution < 1.29 is 48.7 Å². The number of aromatic hydroxyl groups is 1. The summed E-state index contributed by atoms with van der Waals surface area (Å²) in [6.45, 7) is 4.95. The SMILES string of the molecule is CC(=O)[C@]1(OC(=O)c2cccc3ccccc23)CC[C@@]2(O)[C@]1(C)[C@H](OC(=O)c1ccc(O)cc1)C[C@@H]1[C@@]3(C)CC[C@H](OC(=O)c4cccc5ccccc45)CC3=CC[C@]12O. The number of rotatable bonds is 7. The van der Waals surface area contributed by atoms with Crippen LogP contribution in [0.25, 0.3) is 21.5 Å². The summed E-state index contributed by atoms with van der Waals surface area (Å²) in [5, 5.41) is 39.8. The van der Waals surface area contributed by atoms with Crippen molar-refractivity contribution in [3.63, 3.8) is 0 Å². The fourth-order valence-electron chi connectivity index (χ4n) is 11.7. The van der Waals surface area contributed by atoms with Gasteiger partial charge in [0.05, 0.1) is 22.1 Å². The maximum atomic E-state index is 14.4. The van der Waals surface area contributed by atoms with Gasteiger partial charge in [0.15, 0.2) is 11.4 Å². The van der Waals surface area contributed by atoms with Gasteiger partial charge in [-0.1, -0.05) is 91.4 Å². The molecule has 4 aliphatic carbocycles. The molecular weight excluding hydrogens is 761 g/mol. The highest BCUT2D eigenvalue weighted by atomic mass is 16.6. The molecule has 8 atom stereocenters. The minimum Gasteiger partial charge on any atom is -0.508 e. The Bertz CT molecular complexity index is 2600. The van der Waals surface area contributed by atoms with Crippen molar-refractivity contribution in [1.29, 1.82) is 0 Å². The average molecular weight is 809 g/mol. The lowest BCUT2D eigenvalue weighted by molar-refractivity contribution is -0.311. The first-order valence-electron chi connectivity index (χ1n) is 20.7. The summed E-state index contributed by atoms with van der Waals surface area (Å²) in [4.78, 5) is 56.4. The van der Waals surface area contributed by atoms with E-state index < -0.39 is 69.5 Å². The molecule has 3 N–H and O–H groups in total. The van der Waals surface area contributed by atoms with Crippen LogP contribution in [0.5, 0.6) is 5.75 Å². The first-order chi connectivity index (χ1) is 28.6. The molecule has 0 aromatic heterocycles. The number of carbonyl (C=O) groups is 4. The molecule has 0 bridgehead atoms. The van der Waals surface area contributed by atoms with E-state index in [9.17, 15) is 34.5 Å². The van der Waals surface area contributed by atoms with E-state index in [1.165, 1.54) is 31.2 Å². The number of phenols is 1. The molecule has 10 nitrogen and oxygen atoms in total. The van der Waals surface area contributed by atoms with E-state index in [-0.39, 0.29) is 42.6 Å². The number of hydrogen-bond acceptors (Lipinski definition) is 10. The van der Waals surface area contributed by atoms with Crippen LogP contribution in [-0.4, -0.2) is 68.0 Å². The second kappa shape index (κ2) is 14.1. The van der Waals surface area contributed by atoms with Gasteiger partial charge in [-0.15, -0.1) is 0 Å². The van der Waals surface area contributed by atoms with Gasteiger partial charge in [0, 0.05) is 12.3 Å². The third-order valence-electron chi connectivity index (χ3n) is 15.0. The zero-order chi connectivity index (χ0) is 42.2. The van der Waals surface area contributed by atoms with E-state index in [0.717, 1.165) is 21.7 Å². The van der Waals surface area contributed by atoms with E-state index in [0.29, 0.717) is 30.2 Å². The molecule has 0 amide bonds. The van der Waals surface area contributed by atoms with Gasteiger partial charge in [0.1, 0.15) is 29.2 Å². The summed E-state index contributed by atoms with van der Waals surface area (Å²) in [6, 6.07) is 31.3. The monoisotopic (exact) mass is 808 g/mol. The molecule has 4 aliphatic rings. The van der Waals surface area contributed by atoms with E-state index in [2.05, 4.69) is 0 Å². The van der Waals surface area contributed by atoms with Crippen LogP contribution in [-0.2, 0) is 19.0 Å². The summed E-state index contributed by atoms with van der Waals surface area (Å²) >= 11 is 0. The van der Waals surface area contributed by atoms with Crippen molar-refractivity contribution in [3.05, 3.63) is 138 Å². The van der Waals surface area contributed by atoms with Crippen molar-refractivity contribution in [2.24, 2.45) is 16.7 Å². The zero-order valence-electron chi connectivity index (χ0n) is 33.9. The van der Waals surface area contributed by atoms with Crippen LogP contribution < -0.4 is 0 Å². The van der Waals surface area contributed by atoms with Gasteiger partial charge in [0.2, 0.25) is 0 Å². The lowest BCUT2D eigenvalue weighted by Gasteiger charge is -2.67. The Labute approximate surface area is 347 Å². The number of hydrogen-bond donors (Lipinski definition) is 3. The number of phenolic OH excluding ortho intramolecular Hbond substituents is 1. The molecule has 5 aromatic rings. The number of aliphatic hydroxyl groups is 2. The Morgan fingerprint density at radius 2 is 1.28 bits per heavy atom. The highest BCUT2D eigenvalue weighted by molar-refractivity contribution is 6.06. The molecule has 308 valence electrons. The van der Waals surface area contributed by atoms with Crippen molar-refractivity contribution in [2.75, 3.05) is 0 Å². The van der Waals surface area contributed by atoms with E-state index in [1.807, 2.05) is 67.6 Å².